The fraction of sp³-hybridized carbons (Fsp3) is 0.579. The van der Waals surface area contributed by atoms with Gasteiger partial charge in [-0.15, -0.1) is 24.0 Å². The van der Waals surface area contributed by atoms with Crippen molar-refractivity contribution < 1.29 is 9.18 Å². The fourth-order valence-electron chi connectivity index (χ4n) is 3.42. The maximum atomic E-state index is 13.5. The zero-order valence-electron chi connectivity index (χ0n) is 15.3. The second-order valence-corrected chi connectivity index (χ2v) is 7.01. The summed E-state index contributed by atoms with van der Waals surface area (Å²) in [5.74, 6) is 0.542. The van der Waals surface area contributed by atoms with Crippen LogP contribution in [0.15, 0.2) is 29.3 Å². The molecule has 2 fully saturated rings. The van der Waals surface area contributed by atoms with Gasteiger partial charge in [-0.05, 0) is 49.8 Å². The first-order valence-electron chi connectivity index (χ1n) is 9.11. The van der Waals surface area contributed by atoms with E-state index in [4.69, 9.17) is 0 Å². The summed E-state index contributed by atoms with van der Waals surface area (Å²) in [5, 5.41) is 6.40. The van der Waals surface area contributed by atoms with Crippen LogP contribution >= 0.6 is 24.0 Å². The number of amides is 1. The first kappa shape index (κ1) is 20.9. The van der Waals surface area contributed by atoms with Crippen molar-refractivity contribution in [1.82, 2.24) is 15.5 Å². The molecule has 1 aromatic rings. The molecule has 0 bridgehead atoms. The molecule has 0 radical (unpaired) electrons. The van der Waals surface area contributed by atoms with Crippen molar-refractivity contribution in [3.63, 3.8) is 0 Å². The third-order valence-corrected chi connectivity index (χ3v) is 5.22. The van der Waals surface area contributed by atoms with Crippen LogP contribution in [0.3, 0.4) is 0 Å². The summed E-state index contributed by atoms with van der Waals surface area (Å²) in [6.07, 6.45) is 5.46. The Kier molecular flexibility index (Phi) is 7.67. The minimum Gasteiger partial charge on any atom is -0.356 e. The van der Waals surface area contributed by atoms with E-state index in [0.29, 0.717) is 12.5 Å². The molecule has 0 atom stereocenters. The molecular formula is C19H28FIN4O. The molecule has 26 heavy (non-hydrogen) atoms. The molecule has 0 unspecified atom stereocenters. The summed E-state index contributed by atoms with van der Waals surface area (Å²) in [4.78, 5) is 18.3. The highest BCUT2D eigenvalue weighted by atomic mass is 127. The number of carbonyl (C=O) groups excluding carboxylic acids is 1. The molecule has 1 aliphatic carbocycles. The van der Waals surface area contributed by atoms with Crippen LogP contribution < -0.4 is 10.6 Å². The monoisotopic (exact) mass is 474 g/mol. The molecule has 0 aromatic heterocycles. The van der Waals surface area contributed by atoms with E-state index >= 15 is 0 Å². The molecule has 144 valence electrons. The smallest absolute Gasteiger partial charge is 0.241 e. The van der Waals surface area contributed by atoms with E-state index in [1.54, 1.807) is 19.2 Å². The number of piperidine rings is 1. The molecule has 1 aliphatic heterocycles. The van der Waals surface area contributed by atoms with Crippen LogP contribution in [0.5, 0.6) is 0 Å². The number of benzene rings is 1. The maximum Gasteiger partial charge on any atom is 0.241 e. The first-order valence-corrected chi connectivity index (χ1v) is 9.11. The predicted molar refractivity (Wildman–Crippen MR) is 113 cm³/mol. The Morgan fingerprint density at radius 3 is 2.58 bits per heavy atom. The predicted octanol–water partition coefficient (Wildman–Crippen LogP) is 2.65. The van der Waals surface area contributed by atoms with Crippen LogP contribution in [0, 0.1) is 5.82 Å². The van der Waals surface area contributed by atoms with Crippen molar-refractivity contribution in [3.8, 4) is 0 Å². The number of aliphatic imine (C=N–C) groups is 1. The van der Waals surface area contributed by atoms with Gasteiger partial charge in [-0.3, -0.25) is 9.79 Å². The minimum atomic E-state index is -0.196. The Morgan fingerprint density at radius 2 is 1.96 bits per heavy atom. The SMILES string of the molecule is CN=C(NCC(=O)N1CCCCC1)NCC1(c2cccc(F)c2)CC1.I. The third kappa shape index (κ3) is 5.31. The number of carbonyl (C=O) groups is 1. The Bertz CT molecular complexity index is 642. The number of halogens is 2. The lowest BCUT2D eigenvalue weighted by atomic mass is 9.96. The molecule has 1 saturated heterocycles. The standard InChI is InChI=1S/C19H27FN4O.HI/c1-21-18(22-13-17(25)24-10-3-2-4-11-24)23-14-19(8-9-19)15-6-5-7-16(20)12-15;/h5-7,12H,2-4,8-11,13-14H2,1H3,(H2,21,22,23);1H. The Hall–Kier alpha value is -1.38. The summed E-state index contributed by atoms with van der Waals surface area (Å²) in [6.45, 7) is 2.66. The Balaban J connectivity index is 0.00000243. The van der Waals surface area contributed by atoms with E-state index in [0.717, 1.165) is 44.3 Å². The lowest BCUT2D eigenvalue weighted by Gasteiger charge is -2.27. The highest BCUT2D eigenvalue weighted by Crippen LogP contribution is 2.47. The van der Waals surface area contributed by atoms with Gasteiger partial charge in [0.25, 0.3) is 0 Å². The van der Waals surface area contributed by atoms with Crippen molar-refractivity contribution in [2.45, 2.75) is 37.5 Å². The topological polar surface area (TPSA) is 56.7 Å². The molecular weight excluding hydrogens is 446 g/mol. The number of rotatable bonds is 5. The van der Waals surface area contributed by atoms with Crippen molar-refractivity contribution in [2.75, 3.05) is 33.2 Å². The van der Waals surface area contributed by atoms with Crippen LogP contribution in [0.4, 0.5) is 4.39 Å². The zero-order chi connectivity index (χ0) is 17.7. The highest BCUT2D eigenvalue weighted by Gasteiger charge is 2.44. The highest BCUT2D eigenvalue weighted by molar-refractivity contribution is 14.0. The van der Waals surface area contributed by atoms with E-state index in [1.165, 1.54) is 12.5 Å². The average Bonchev–Trinajstić information content (AvgIpc) is 3.43. The largest absolute Gasteiger partial charge is 0.356 e. The zero-order valence-corrected chi connectivity index (χ0v) is 17.6. The molecule has 2 N–H and O–H groups in total. The van der Waals surface area contributed by atoms with Gasteiger partial charge in [-0.1, -0.05) is 12.1 Å². The van der Waals surface area contributed by atoms with Gasteiger partial charge in [-0.2, -0.15) is 0 Å². The Morgan fingerprint density at radius 1 is 1.23 bits per heavy atom. The van der Waals surface area contributed by atoms with Crippen molar-refractivity contribution in [1.29, 1.82) is 0 Å². The van der Waals surface area contributed by atoms with E-state index in [1.807, 2.05) is 11.0 Å². The van der Waals surface area contributed by atoms with Gasteiger partial charge in [0.05, 0.1) is 6.54 Å². The van der Waals surface area contributed by atoms with E-state index in [2.05, 4.69) is 15.6 Å². The van der Waals surface area contributed by atoms with Crippen LogP contribution in [0.25, 0.3) is 0 Å². The van der Waals surface area contributed by atoms with Gasteiger partial charge < -0.3 is 15.5 Å². The minimum absolute atomic E-state index is 0. The second-order valence-electron chi connectivity index (χ2n) is 7.01. The van der Waals surface area contributed by atoms with E-state index in [-0.39, 0.29) is 47.7 Å². The van der Waals surface area contributed by atoms with Gasteiger partial charge in [-0.25, -0.2) is 4.39 Å². The average molecular weight is 474 g/mol. The van der Waals surface area contributed by atoms with Crippen molar-refractivity contribution in [3.05, 3.63) is 35.6 Å². The summed E-state index contributed by atoms with van der Waals surface area (Å²) in [6, 6.07) is 6.83. The van der Waals surface area contributed by atoms with Crippen molar-refractivity contribution >= 4 is 35.8 Å². The summed E-state index contributed by atoms with van der Waals surface area (Å²) in [7, 11) is 1.70. The van der Waals surface area contributed by atoms with Gasteiger partial charge >= 0.3 is 0 Å². The fourth-order valence-corrected chi connectivity index (χ4v) is 3.42. The van der Waals surface area contributed by atoms with Crippen LogP contribution in [-0.2, 0) is 10.2 Å². The quantitative estimate of drug-likeness (QED) is 0.392. The Labute approximate surface area is 171 Å². The lowest BCUT2D eigenvalue weighted by molar-refractivity contribution is -0.130. The van der Waals surface area contributed by atoms with Gasteiger partial charge in [0, 0.05) is 32.1 Å². The molecule has 1 amide bonds. The molecule has 2 aliphatic rings. The molecule has 7 heteroatoms. The number of guanidine groups is 1. The summed E-state index contributed by atoms with van der Waals surface area (Å²) in [5.41, 5.74) is 1.01. The van der Waals surface area contributed by atoms with Crippen LogP contribution in [0.1, 0.15) is 37.7 Å². The van der Waals surface area contributed by atoms with Crippen LogP contribution in [-0.4, -0.2) is 50.0 Å². The molecule has 5 nitrogen and oxygen atoms in total. The molecule has 1 aromatic carbocycles. The van der Waals surface area contributed by atoms with Crippen LogP contribution in [0.2, 0.25) is 0 Å². The number of hydrogen-bond acceptors (Lipinski definition) is 2. The summed E-state index contributed by atoms with van der Waals surface area (Å²) >= 11 is 0. The molecule has 0 spiro atoms. The second kappa shape index (κ2) is 9.53. The molecule has 3 rings (SSSR count). The molecule has 1 heterocycles. The number of likely N-dealkylation sites (tertiary alicyclic amines) is 1. The van der Waals surface area contributed by atoms with Gasteiger partial charge in [0.15, 0.2) is 5.96 Å². The number of nitrogens with zero attached hydrogens (tertiary/aromatic N) is 2. The normalized spacial score (nSPS) is 18.7. The number of nitrogens with one attached hydrogen (secondary N) is 2. The number of hydrogen-bond donors (Lipinski definition) is 2. The lowest BCUT2D eigenvalue weighted by Crippen LogP contribution is -2.47. The van der Waals surface area contributed by atoms with E-state index in [9.17, 15) is 9.18 Å². The van der Waals surface area contributed by atoms with Gasteiger partial charge in [0.2, 0.25) is 5.91 Å². The van der Waals surface area contributed by atoms with Gasteiger partial charge in [0.1, 0.15) is 5.82 Å². The third-order valence-electron chi connectivity index (χ3n) is 5.22. The molecule has 1 saturated carbocycles. The summed E-state index contributed by atoms with van der Waals surface area (Å²) < 4.78 is 13.5. The first-order chi connectivity index (χ1) is 12.1. The maximum absolute atomic E-state index is 13.5. The van der Waals surface area contributed by atoms with E-state index < -0.39 is 0 Å². The van der Waals surface area contributed by atoms with Crippen molar-refractivity contribution in [2.24, 2.45) is 4.99 Å².